The number of Topliss-reactive ketones (excluding diaryl/α,β-unsaturated/α-hetero) is 1. The van der Waals surface area contributed by atoms with Gasteiger partial charge in [0.2, 0.25) is 0 Å². The molecule has 4 fully saturated rings. The highest BCUT2D eigenvalue weighted by Gasteiger charge is 2.75. The summed E-state index contributed by atoms with van der Waals surface area (Å²) in [5, 5.41) is 31.6. The summed E-state index contributed by atoms with van der Waals surface area (Å²) in [6.45, 7) is 3.54. The standard InChI is InChI=1S/C36H40O7S/c1-34-12-11-25(39)15-24(34)9-10-27-28-16-31-36(30(41)19-38,35(28,2)17-29(40)32(27)34)43-33(42-31)23-7-4-8-26(14-23)44-20-22-6-3-5-21(13-22)18-37/h3-8,11-15,27-29,31-33,37-38,40H,9-10,16-20H2,1-2H3/t27-,28-,29-,31+,32+,33+,34-,35-,36+/m0/s1. The minimum Gasteiger partial charge on any atom is -0.393 e. The number of ketones is 2. The lowest BCUT2D eigenvalue weighted by atomic mass is 9.46. The van der Waals surface area contributed by atoms with Crippen LogP contribution in [0.3, 0.4) is 0 Å². The van der Waals surface area contributed by atoms with Gasteiger partial charge in [-0.2, -0.15) is 0 Å². The van der Waals surface area contributed by atoms with Crippen LogP contribution in [0.1, 0.15) is 62.5 Å². The fraction of sp³-hybridized carbons (Fsp3) is 0.500. The molecule has 2 aromatic carbocycles. The second-order valence-corrected chi connectivity index (χ2v) is 14.7. The number of rotatable bonds is 7. The van der Waals surface area contributed by atoms with Crippen molar-refractivity contribution in [1.29, 1.82) is 0 Å². The molecule has 0 aromatic heterocycles. The van der Waals surface area contributed by atoms with Crippen LogP contribution in [0.25, 0.3) is 0 Å². The molecule has 44 heavy (non-hydrogen) atoms. The summed E-state index contributed by atoms with van der Waals surface area (Å²) in [4.78, 5) is 27.0. The maximum Gasteiger partial charge on any atom is 0.193 e. The number of carbonyl (C=O) groups is 2. The highest BCUT2D eigenvalue weighted by Crippen LogP contribution is 2.70. The summed E-state index contributed by atoms with van der Waals surface area (Å²) >= 11 is 1.67. The van der Waals surface area contributed by atoms with E-state index < -0.39 is 41.5 Å². The van der Waals surface area contributed by atoms with Crippen LogP contribution in [0.15, 0.2) is 77.2 Å². The van der Waals surface area contributed by atoms with E-state index in [1.807, 2.05) is 54.6 Å². The fourth-order valence-corrected chi connectivity index (χ4v) is 10.5. The number of aliphatic hydroxyl groups is 3. The Morgan fingerprint density at radius 2 is 1.89 bits per heavy atom. The Morgan fingerprint density at radius 3 is 2.68 bits per heavy atom. The summed E-state index contributed by atoms with van der Waals surface area (Å²) in [7, 11) is 0. The van der Waals surface area contributed by atoms with E-state index in [1.54, 1.807) is 23.9 Å². The third-order valence-corrected chi connectivity index (χ3v) is 12.6. The Morgan fingerprint density at radius 1 is 1.09 bits per heavy atom. The first kappa shape index (κ1) is 30.1. The summed E-state index contributed by atoms with van der Waals surface area (Å²) in [6.07, 6.45) is 5.89. The quantitative estimate of drug-likeness (QED) is 0.370. The van der Waals surface area contributed by atoms with Crippen molar-refractivity contribution in [1.82, 2.24) is 0 Å². The average molecular weight is 617 g/mol. The van der Waals surface area contributed by atoms with Gasteiger partial charge in [-0.05, 0) is 72.9 Å². The van der Waals surface area contributed by atoms with Gasteiger partial charge in [-0.3, -0.25) is 9.59 Å². The summed E-state index contributed by atoms with van der Waals surface area (Å²) < 4.78 is 13.4. The van der Waals surface area contributed by atoms with Gasteiger partial charge in [0.25, 0.3) is 0 Å². The topological polar surface area (TPSA) is 113 Å². The Hall–Kier alpha value is -2.59. The molecule has 0 amide bonds. The number of aliphatic hydroxyl groups excluding tert-OH is 3. The maximum atomic E-state index is 13.8. The van der Waals surface area contributed by atoms with Crippen LogP contribution in [0, 0.1) is 28.6 Å². The summed E-state index contributed by atoms with van der Waals surface area (Å²) in [5.74, 6) is 0.442. The summed E-state index contributed by atoms with van der Waals surface area (Å²) in [6, 6.07) is 15.8. The van der Waals surface area contributed by atoms with Gasteiger partial charge in [0.15, 0.2) is 23.5 Å². The van der Waals surface area contributed by atoms with E-state index in [0.29, 0.717) is 12.8 Å². The zero-order valence-corrected chi connectivity index (χ0v) is 26.0. The van der Waals surface area contributed by atoms with Crippen LogP contribution in [-0.2, 0) is 31.4 Å². The molecule has 9 atom stereocenters. The van der Waals surface area contributed by atoms with Gasteiger partial charge in [-0.15, -0.1) is 11.8 Å². The zero-order chi connectivity index (χ0) is 30.9. The molecule has 232 valence electrons. The molecular formula is C36H40O7S. The molecule has 0 spiro atoms. The molecule has 3 saturated carbocycles. The van der Waals surface area contributed by atoms with E-state index in [-0.39, 0.29) is 35.9 Å². The van der Waals surface area contributed by atoms with Crippen molar-refractivity contribution in [3.05, 3.63) is 89.0 Å². The first-order valence-electron chi connectivity index (χ1n) is 15.6. The Kier molecular flexibility index (Phi) is 7.55. The lowest BCUT2D eigenvalue weighted by Crippen LogP contribution is -2.63. The fourth-order valence-electron chi connectivity index (χ4n) is 9.57. The monoisotopic (exact) mass is 616 g/mol. The first-order valence-corrected chi connectivity index (χ1v) is 16.6. The van der Waals surface area contributed by atoms with Crippen LogP contribution < -0.4 is 0 Å². The van der Waals surface area contributed by atoms with Gasteiger partial charge in [0, 0.05) is 33.0 Å². The predicted octanol–water partition coefficient (Wildman–Crippen LogP) is 5.07. The molecule has 8 heteroatoms. The molecule has 7 nitrogen and oxygen atoms in total. The molecule has 0 unspecified atom stereocenters. The van der Waals surface area contributed by atoms with Crippen molar-refractivity contribution in [3.63, 3.8) is 0 Å². The third-order valence-electron chi connectivity index (χ3n) is 11.5. The average Bonchev–Trinajstić information content (AvgIpc) is 3.53. The minimum atomic E-state index is -1.37. The van der Waals surface area contributed by atoms with Crippen LogP contribution in [0.2, 0.25) is 0 Å². The molecule has 7 rings (SSSR count). The minimum absolute atomic E-state index is 0.000156. The van der Waals surface area contributed by atoms with E-state index in [0.717, 1.165) is 45.8 Å². The van der Waals surface area contributed by atoms with E-state index in [2.05, 4.69) is 13.8 Å². The molecule has 2 aromatic rings. The number of fused-ring (bicyclic) bond motifs is 7. The molecule has 0 bridgehead atoms. The SMILES string of the molecule is C[C@]12C=CC(=O)C=C1CC[C@@H]1[C@@H]2[C@@H](O)C[C@@]2(C)[C@H]1C[C@H]1O[C@@H](c3cccc(SCc4cccc(CO)c4)c3)O[C@]12C(=O)CO. The normalized spacial score (nSPS) is 38.8. The van der Waals surface area contributed by atoms with E-state index >= 15 is 0 Å². The van der Waals surface area contributed by atoms with Crippen molar-refractivity contribution in [2.24, 2.45) is 28.6 Å². The molecular weight excluding hydrogens is 576 g/mol. The van der Waals surface area contributed by atoms with Gasteiger partial charge < -0.3 is 24.8 Å². The Balaban J connectivity index is 1.16. The van der Waals surface area contributed by atoms with Gasteiger partial charge in [0.05, 0.1) is 18.8 Å². The molecule has 1 saturated heterocycles. The smallest absolute Gasteiger partial charge is 0.193 e. The number of carbonyl (C=O) groups excluding carboxylic acids is 2. The maximum absolute atomic E-state index is 13.8. The summed E-state index contributed by atoms with van der Waals surface area (Å²) in [5.41, 5.74) is 1.38. The van der Waals surface area contributed by atoms with E-state index in [9.17, 15) is 24.9 Å². The number of hydrogen-bond acceptors (Lipinski definition) is 8. The lowest BCUT2D eigenvalue weighted by Gasteiger charge is -2.59. The largest absolute Gasteiger partial charge is 0.393 e. The third kappa shape index (κ3) is 4.44. The van der Waals surface area contributed by atoms with Crippen molar-refractivity contribution < 1.29 is 34.4 Å². The molecule has 4 aliphatic carbocycles. The van der Waals surface area contributed by atoms with Gasteiger partial charge in [-0.1, -0.05) is 61.9 Å². The first-order chi connectivity index (χ1) is 21.1. The van der Waals surface area contributed by atoms with E-state index in [1.165, 1.54) is 0 Å². The van der Waals surface area contributed by atoms with Crippen molar-refractivity contribution in [2.45, 2.75) is 80.9 Å². The number of benzene rings is 2. The van der Waals surface area contributed by atoms with Crippen LogP contribution in [0.4, 0.5) is 0 Å². The van der Waals surface area contributed by atoms with E-state index in [4.69, 9.17) is 9.47 Å². The Bertz CT molecular complexity index is 1550. The predicted molar refractivity (Wildman–Crippen MR) is 165 cm³/mol. The van der Waals surface area contributed by atoms with Gasteiger partial charge in [0.1, 0.15) is 6.61 Å². The molecule has 5 aliphatic rings. The number of hydrogen-bond donors (Lipinski definition) is 3. The van der Waals surface area contributed by atoms with Crippen LogP contribution >= 0.6 is 11.8 Å². The number of allylic oxidation sites excluding steroid dienone is 4. The molecule has 3 N–H and O–H groups in total. The molecule has 0 radical (unpaired) electrons. The highest BCUT2D eigenvalue weighted by atomic mass is 32.2. The second kappa shape index (κ2) is 11.0. The van der Waals surface area contributed by atoms with Crippen molar-refractivity contribution in [2.75, 3.05) is 6.61 Å². The molecule has 1 heterocycles. The lowest BCUT2D eigenvalue weighted by molar-refractivity contribution is -0.201. The number of thioether (sulfide) groups is 1. The second-order valence-electron chi connectivity index (χ2n) is 13.7. The van der Waals surface area contributed by atoms with Crippen LogP contribution in [0.5, 0.6) is 0 Å². The highest BCUT2D eigenvalue weighted by molar-refractivity contribution is 7.98. The van der Waals surface area contributed by atoms with Crippen molar-refractivity contribution >= 4 is 23.3 Å². The van der Waals surface area contributed by atoms with Crippen molar-refractivity contribution in [3.8, 4) is 0 Å². The van der Waals surface area contributed by atoms with Gasteiger partial charge >= 0.3 is 0 Å². The number of ether oxygens (including phenoxy) is 2. The Labute approximate surface area is 262 Å². The van der Waals surface area contributed by atoms with Gasteiger partial charge in [-0.25, -0.2) is 0 Å². The van der Waals surface area contributed by atoms with Crippen LogP contribution in [-0.4, -0.2) is 51.3 Å². The molecule has 1 aliphatic heterocycles. The zero-order valence-electron chi connectivity index (χ0n) is 25.1.